The van der Waals surface area contributed by atoms with Gasteiger partial charge in [-0.25, -0.2) is 4.79 Å². The Balaban J connectivity index is 1.20. The summed E-state index contributed by atoms with van der Waals surface area (Å²) >= 11 is 0. The molecule has 1 aliphatic heterocycles. The number of benzene rings is 2. The van der Waals surface area contributed by atoms with Crippen LogP contribution in [-0.4, -0.2) is 54.5 Å². The molecule has 1 fully saturated rings. The van der Waals surface area contributed by atoms with E-state index in [9.17, 15) is 14.4 Å². The first kappa shape index (κ1) is 23.7. The summed E-state index contributed by atoms with van der Waals surface area (Å²) in [5.74, 6) is 0.555. The van der Waals surface area contributed by atoms with Crippen LogP contribution in [0.1, 0.15) is 42.1 Å². The number of rotatable bonds is 8. The van der Waals surface area contributed by atoms with Gasteiger partial charge >= 0.3 is 6.03 Å². The molecular weight excluding hydrogens is 460 g/mol. The summed E-state index contributed by atoms with van der Waals surface area (Å²) < 4.78 is 10.6. The Morgan fingerprint density at radius 1 is 1.11 bits per heavy atom. The minimum Gasteiger partial charge on any atom is -0.493 e. The number of ether oxygens (including phenoxy) is 2. The second-order valence-electron chi connectivity index (χ2n) is 9.21. The van der Waals surface area contributed by atoms with Gasteiger partial charge in [0.1, 0.15) is 6.04 Å². The number of methoxy groups -OCH3 is 2. The Bertz CT molecular complexity index is 1320. The number of nitrogens with one attached hydrogen (secondary N) is 3. The van der Waals surface area contributed by atoms with Crippen LogP contribution in [0.2, 0.25) is 0 Å². The van der Waals surface area contributed by atoms with Gasteiger partial charge in [-0.15, -0.1) is 0 Å². The molecule has 2 atom stereocenters. The maximum absolute atomic E-state index is 12.9. The Labute approximate surface area is 209 Å². The van der Waals surface area contributed by atoms with Crippen LogP contribution in [-0.2, 0) is 22.4 Å². The van der Waals surface area contributed by atoms with E-state index < -0.39 is 12.1 Å². The molecule has 3 N–H and O–H groups in total. The molecule has 0 saturated carbocycles. The third-order valence-corrected chi connectivity index (χ3v) is 7.02. The number of aromatic nitrogens is 1. The zero-order valence-electron chi connectivity index (χ0n) is 20.4. The van der Waals surface area contributed by atoms with Crippen LogP contribution in [0.4, 0.5) is 4.79 Å². The number of carbonyl (C=O) groups excluding carboxylic acids is 3. The first-order valence-electron chi connectivity index (χ1n) is 12.2. The number of aryl methyl sites for hydroxylation is 1. The lowest BCUT2D eigenvalue weighted by atomic mass is 9.91. The molecule has 1 aromatic heterocycles. The van der Waals surface area contributed by atoms with Crippen molar-refractivity contribution >= 4 is 28.7 Å². The van der Waals surface area contributed by atoms with E-state index in [1.165, 1.54) is 15.8 Å². The van der Waals surface area contributed by atoms with E-state index in [1.807, 2.05) is 30.3 Å². The van der Waals surface area contributed by atoms with Crippen LogP contribution in [0.5, 0.6) is 11.5 Å². The molecule has 0 bridgehead atoms. The number of hydrogen-bond acceptors (Lipinski definition) is 5. The Morgan fingerprint density at radius 2 is 1.92 bits per heavy atom. The Morgan fingerprint density at radius 3 is 2.72 bits per heavy atom. The zero-order chi connectivity index (χ0) is 25.2. The predicted octanol–water partition coefficient (Wildman–Crippen LogP) is 3.23. The van der Waals surface area contributed by atoms with E-state index >= 15 is 0 Å². The summed E-state index contributed by atoms with van der Waals surface area (Å²) in [5, 5.41) is 6.93. The monoisotopic (exact) mass is 490 g/mol. The molecule has 3 aromatic rings. The molecule has 188 valence electrons. The number of amides is 4. The highest BCUT2D eigenvalue weighted by molar-refractivity contribution is 6.05. The minimum atomic E-state index is -0.867. The molecule has 0 radical (unpaired) electrons. The van der Waals surface area contributed by atoms with Gasteiger partial charge in [-0.05, 0) is 55.0 Å². The second kappa shape index (κ2) is 9.93. The number of carbonyl (C=O) groups is 3. The van der Waals surface area contributed by atoms with Crippen molar-refractivity contribution in [2.75, 3.05) is 20.8 Å². The summed E-state index contributed by atoms with van der Waals surface area (Å²) in [4.78, 5) is 42.9. The number of para-hydroxylation sites is 1. The summed E-state index contributed by atoms with van der Waals surface area (Å²) in [6.07, 6.45) is 3.14. The van der Waals surface area contributed by atoms with Gasteiger partial charge < -0.3 is 25.1 Å². The van der Waals surface area contributed by atoms with E-state index in [4.69, 9.17) is 9.47 Å². The third kappa shape index (κ3) is 4.48. The fourth-order valence-electron chi connectivity index (χ4n) is 5.20. The fourth-order valence-corrected chi connectivity index (χ4v) is 5.20. The first-order chi connectivity index (χ1) is 17.5. The van der Waals surface area contributed by atoms with Gasteiger partial charge in [-0.2, -0.15) is 0 Å². The molecule has 5 rings (SSSR count). The SMILES string of the molecule is COc1ccc(CCN2C(=O)N[C@@H](CC(=O)N[C@H]3CCCc4c3[nH]c3ccccc43)C2=O)cc1OC. The molecule has 4 amide bonds. The first-order valence-corrected chi connectivity index (χ1v) is 12.2. The van der Waals surface area contributed by atoms with E-state index in [1.54, 1.807) is 20.3 Å². The van der Waals surface area contributed by atoms with Crippen LogP contribution < -0.4 is 20.1 Å². The predicted molar refractivity (Wildman–Crippen MR) is 134 cm³/mol. The van der Waals surface area contributed by atoms with Crippen LogP contribution in [0.25, 0.3) is 10.9 Å². The van der Waals surface area contributed by atoms with Crippen LogP contribution in [0.3, 0.4) is 0 Å². The average Bonchev–Trinajstić information content (AvgIpc) is 3.39. The summed E-state index contributed by atoms with van der Waals surface area (Å²) in [5.41, 5.74) is 4.25. The number of urea groups is 1. The smallest absolute Gasteiger partial charge is 0.324 e. The highest BCUT2D eigenvalue weighted by Gasteiger charge is 2.39. The Hall–Kier alpha value is -4.01. The normalized spacial score (nSPS) is 19.2. The van der Waals surface area contributed by atoms with Crippen molar-refractivity contribution in [3.8, 4) is 11.5 Å². The van der Waals surface area contributed by atoms with E-state index in [0.717, 1.165) is 36.0 Å². The van der Waals surface area contributed by atoms with E-state index in [-0.39, 0.29) is 30.8 Å². The minimum absolute atomic E-state index is 0.0938. The molecule has 0 unspecified atom stereocenters. The largest absolute Gasteiger partial charge is 0.493 e. The van der Waals surface area contributed by atoms with Gasteiger partial charge in [0.05, 0.1) is 26.7 Å². The van der Waals surface area contributed by atoms with Crippen molar-refractivity contribution in [2.24, 2.45) is 0 Å². The topological polar surface area (TPSA) is 113 Å². The standard InChI is InChI=1S/C27H30N4O5/c1-35-22-11-10-16(14-23(22)36-2)12-13-31-26(33)21(30-27(31)34)15-24(32)28-20-9-5-7-18-17-6-3-4-8-19(17)29-25(18)20/h3-4,6,8,10-11,14,20-21,29H,5,7,9,12-13,15H2,1-2H3,(H,28,32)(H,30,34)/t20-,21-/m0/s1. The summed E-state index contributed by atoms with van der Waals surface area (Å²) in [6, 6.07) is 12.1. The molecule has 1 saturated heterocycles. The van der Waals surface area contributed by atoms with E-state index in [2.05, 4.69) is 21.7 Å². The highest BCUT2D eigenvalue weighted by Crippen LogP contribution is 2.34. The van der Waals surface area contributed by atoms with Crippen molar-refractivity contribution in [3.05, 3.63) is 59.3 Å². The number of H-pyrrole nitrogens is 1. The van der Waals surface area contributed by atoms with Gasteiger partial charge in [0, 0.05) is 23.1 Å². The molecule has 0 spiro atoms. The lowest BCUT2D eigenvalue weighted by Gasteiger charge is -2.24. The molecule has 9 nitrogen and oxygen atoms in total. The quantitative estimate of drug-likeness (QED) is 0.420. The van der Waals surface area contributed by atoms with Gasteiger partial charge in [-0.3, -0.25) is 14.5 Å². The number of nitrogens with zero attached hydrogens (tertiary/aromatic N) is 1. The maximum Gasteiger partial charge on any atom is 0.324 e. The average molecular weight is 491 g/mol. The van der Waals surface area contributed by atoms with Gasteiger partial charge in [-0.1, -0.05) is 24.3 Å². The molecule has 1 aliphatic carbocycles. The third-order valence-electron chi connectivity index (χ3n) is 7.02. The Kier molecular flexibility index (Phi) is 6.54. The highest BCUT2D eigenvalue weighted by atomic mass is 16.5. The molecular formula is C27H30N4O5. The zero-order valence-corrected chi connectivity index (χ0v) is 20.4. The second-order valence-corrected chi connectivity index (χ2v) is 9.21. The molecule has 2 aliphatic rings. The summed E-state index contributed by atoms with van der Waals surface area (Å²) in [7, 11) is 3.12. The van der Waals surface area contributed by atoms with Crippen molar-refractivity contribution in [2.45, 2.75) is 44.2 Å². The maximum atomic E-state index is 12.9. The lowest BCUT2D eigenvalue weighted by molar-refractivity contribution is -0.131. The fraction of sp³-hybridized carbons (Fsp3) is 0.370. The van der Waals surface area contributed by atoms with Crippen molar-refractivity contribution in [1.29, 1.82) is 0 Å². The molecule has 2 aromatic carbocycles. The van der Waals surface area contributed by atoms with Crippen molar-refractivity contribution < 1.29 is 23.9 Å². The van der Waals surface area contributed by atoms with E-state index in [0.29, 0.717) is 17.9 Å². The molecule has 36 heavy (non-hydrogen) atoms. The number of fused-ring (bicyclic) bond motifs is 3. The van der Waals surface area contributed by atoms with Crippen LogP contribution in [0.15, 0.2) is 42.5 Å². The lowest BCUT2D eigenvalue weighted by Crippen LogP contribution is -2.38. The van der Waals surface area contributed by atoms with Crippen molar-refractivity contribution in [1.82, 2.24) is 20.5 Å². The molecule has 9 heteroatoms. The number of hydrogen-bond donors (Lipinski definition) is 3. The van der Waals surface area contributed by atoms with Crippen molar-refractivity contribution in [3.63, 3.8) is 0 Å². The van der Waals surface area contributed by atoms with Gasteiger partial charge in [0.25, 0.3) is 5.91 Å². The number of imide groups is 1. The number of aromatic amines is 1. The molecule has 2 heterocycles. The van der Waals surface area contributed by atoms with Gasteiger partial charge in [0.2, 0.25) is 5.91 Å². The van der Waals surface area contributed by atoms with Gasteiger partial charge in [0.15, 0.2) is 11.5 Å². The van der Waals surface area contributed by atoms with Crippen LogP contribution in [0, 0.1) is 0 Å². The summed E-state index contributed by atoms with van der Waals surface area (Å²) in [6.45, 7) is 0.208. The van der Waals surface area contributed by atoms with Crippen LogP contribution >= 0.6 is 0 Å².